The average molecular weight is 292 g/mol. The summed E-state index contributed by atoms with van der Waals surface area (Å²) in [5.74, 6) is 3.19. The molecule has 5 heteroatoms. The van der Waals surface area contributed by atoms with Gasteiger partial charge in [0.2, 0.25) is 0 Å². The summed E-state index contributed by atoms with van der Waals surface area (Å²) in [6.45, 7) is 12.1. The SMILES string of the molecule is CCCNc1cc(N2CCOC(CC)C2)nc(C(C)C)n1. The third-order valence-corrected chi connectivity index (χ3v) is 3.72. The number of aromatic nitrogens is 2. The predicted octanol–water partition coefficient (Wildman–Crippen LogP) is 3.04. The van der Waals surface area contributed by atoms with E-state index in [1.54, 1.807) is 0 Å². The lowest BCUT2D eigenvalue weighted by Gasteiger charge is -2.33. The van der Waals surface area contributed by atoms with E-state index < -0.39 is 0 Å². The van der Waals surface area contributed by atoms with Gasteiger partial charge in [-0.05, 0) is 12.8 Å². The molecule has 5 nitrogen and oxygen atoms in total. The fourth-order valence-electron chi connectivity index (χ4n) is 2.39. The maximum absolute atomic E-state index is 5.75. The normalized spacial score (nSPS) is 19.1. The summed E-state index contributed by atoms with van der Waals surface area (Å²) < 4.78 is 5.75. The van der Waals surface area contributed by atoms with E-state index in [1.807, 2.05) is 0 Å². The molecule has 1 aromatic rings. The Morgan fingerprint density at radius 3 is 2.86 bits per heavy atom. The zero-order chi connectivity index (χ0) is 15.2. The minimum Gasteiger partial charge on any atom is -0.375 e. The van der Waals surface area contributed by atoms with Gasteiger partial charge in [-0.3, -0.25) is 0 Å². The fraction of sp³-hybridized carbons (Fsp3) is 0.750. The molecule has 0 spiro atoms. The van der Waals surface area contributed by atoms with Crippen LogP contribution < -0.4 is 10.2 Å². The monoisotopic (exact) mass is 292 g/mol. The Bertz CT molecular complexity index is 450. The Morgan fingerprint density at radius 2 is 2.19 bits per heavy atom. The first-order valence-corrected chi connectivity index (χ1v) is 8.13. The molecule has 1 aliphatic heterocycles. The van der Waals surface area contributed by atoms with E-state index in [0.717, 1.165) is 56.5 Å². The van der Waals surface area contributed by atoms with Gasteiger partial charge in [0.15, 0.2) is 0 Å². The number of hydrogen-bond acceptors (Lipinski definition) is 5. The summed E-state index contributed by atoms with van der Waals surface area (Å²) in [7, 11) is 0. The molecule has 1 fully saturated rings. The van der Waals surface area contributed by atoms with Crippen molar-refractivity contribution in [1.82, 2.24) is 9.97 Å². The molecular weight excluding hydrogens is 264 g/mol. The smallest absolute Gasteiger partial charge is 0.135 e. The molecule has 1 atom stereocenters. The minimum absolute atomic E-state index is 0.309. The largest absolute Gasteiger partial charge is 0.375 e. The van der Waals surface area contributed by atoms with E-state index >= 15 is 0 Å². The lowest BCUT2D eigenvalue weighted by atomic mass is 10.2. The van der Waals surface area contributed by atoms with Crippen molar-refractivity contribution in [2.75, 3.05) is 36.5 Å². The lowest BCUT2D eigenvalue weighted by Crippen LogP contribution is -2.42. The van der Waals surface area contributed by atoms with Crippen molar-refractivity contribution in [2.24, 2.45) is 0 Å². The minimum atomic E-state index is 0.309. The van der Waals surface area contributed by atoms with Crippen LogP contribution in [0.5, 0.6) is 0 Å². The van der Waals surface area contributed by atoms with Crippen LogP contribution >= 0.6 is 0 Å². The molecule has 0 saturated carbocycles. The Hall–Kier alpha value is -1.36. The van der Waals surface area contributed by atoms with Crippen molar-refractivity contribution in [2.45, 2.75) is 52.6 Å². The van der Waals surface area contributed by atoms with Gasteiger partial charge in [-0.1, -0.05) is 27.7 Å². The molecule has 1 N–H and O–H groups in total. The number of morpholine rings is 1. The number of rotatable bonds is 6. The number of anilines is 2. The van der Waals surface area contributed by atoms with Crippen molar-refractivity contribution in [3.05, 3.63) is 11.9 Å². The van der Waals surface area contributed by atoms with Gasteiger partial charge in [-0.2, -0.15) is 0 Å². The molecular formula is C16H28N4O. The van der Waals surface area contributed by atoms with Crippen LogP contribution in [-0.2, 0) is 4.74 Å². The van der Waals surface area contributed by atoms with Crippen LogP contribution in [0.25, 0.3) is 0 Å². The van der Waals surface area contributed by atoms with Crippen molar-refractivity contribution in [1.29, 1.82) is 0 Å². The second-order valence-electron chi connectivity index (χ2n) is 5.90. The summed E-state index contributed by atoms with van der Waals surface area (Å²) in [5, 5.41) is 3.39. The molecule has 118 valence electrons. The van der Waals surface area contributed by atoms with Crippen molar-refractivity contribution in [3.63, 3.8) is 0 Å². The van der Waals surface area contributed by atoms with E-state index in [9.17, 15) is 0 Å². The maximum Gasteiger partial charge on any atom is 0.135 e. The number of ether oxygens (including phenoxy) is 1. The maximum atomic E-state index is 5.75. The zero-order valence-corrected chi connectivity index (χ0v) is 13.7. The lowest BCUT2D eigenvalue weighted by molar-refractivity contribution is 0.0381. The highest BCUT2D eigenvalue weighted by atomic mass is 16.5. The third-order valence-electron chi connectivity index (χ3n) is 3.72. The summed E-state index contributed by atoms with van der Waals surface area (Å²) in [6.07, 6.45) is 2.44. The van der Waals surface area contributed by atoms with Crippen LogP contribution in [0.2, 0.25) is 0 Å². The fourth-order valence-corrected chi connectivity index (χ4v) is 2.39. The first kappa shape index (κ1) is 16.0. The van der Waals surface area contributed by atoms with Gasteiger partial charge in [0, 0.05) is 31.6 Å². The van der Waals surface area contributed by atoms with Gasteiger partial charge in [0.05, 0.1) is 12.7 Å². The molecule has 0 aliphatic carbocycles. The van der Waals surface area contributed by atoms with Crippen LogP contribution in [-0.4, -0.2) is 42.3 Å². The zero-order valence-electron chi connectivity index (χ0n) is 13.7. The Labute approximate surface area is 128 Å². The van der Waals surface area contributed by atoms with Crippen molar-refractivity contribution in [3.8, 4) is 0 Å². The van der Waals surface area contributed by atoms with Crippen LogP contribution in [0.15, 0.2) is 6.07 Å². The highest BCUT2D eigenvalue weighted by molar-refractivity contribution is 5.50. The molecule has 1 aliphatic rings. The molecule has 2 rings (SSSR count). The molecule has 0 amide bonds. The van der Waals surface area contributed by atoms with Crippen LogP contribution in [0.4, 0.5) is 11.6 Å². The van der Waals surface area contributed by atoms with E-state index in [2.05, 4.69) is 49.0 Å². The van der Waals surface area contributed by atoms with E-state index in [1.165, 1.54) is 0 Å². The first-order chi connectivity index (χ1) is 10.1. The van der Waals surface area contributed by atoms with Crippen molar-refractivity contribution < 1.29 is 4.74 Å². The molecule has 1 aromatic heterocycles. The molecule has 1 saturated heterocycles. The van der Waals surface area contributed by atoms with Gasteiger partial charge in [-0.25, -0.2) is 9.97 Å². The summed E-state index contributed by atoms with van der Waals surface area (Å²) in [5.41, 5.74) is 0. The average Bonchev–Trinajstić information content (AvgIpc) is 2.52. The van der Waals surface area contributed by atoms with Gasteiger partial charge in [0.1, 0.15) is 17.5 Å². The quantitative estimate of drug-likeness (QED) is 0.873. The van der Waals surface area contributed by atoms with Crippen LogP contribution in [0, 0.1) is 0 Å². The number of nitrogens with one attached hydrogen (secondary N) is 1. The van der Waals surface area contributed by atoms with Crippen LogP contribution in [0.3, 0.4) is 0 Å². The molecule has 0 bridgehead atoms. The van der Waals surface area contributed by atoms with E-state index in [0.29, 0.717) is 12.0 Å². The van der Waals surface area contributed by atoms with Gasteiger partial charge >= 0.3 is 0 Å². The Kier molecular flexibility index (Phi) is 5.79. The Morgan fingerprint density at radius 1 is 1.38 bits per heavy atom. The molecule has 21 heavy (non-hydrogen) atoms. The molecule has 2 heterocycles. The summed E-state index contributed by atoms with van der Waals surface area (Å²) in [6, 6.07) is 2.07. The second kappa shape index (κ2) is 7.59. The van der Waals surface area contributed by atoms with Gasteiger partial charge in [0.25, 0.3) is 0 Å². The number of nitrogens with zero attached hydrogens (tertiary/aromatic N) is 3. The van der Waals surface area contributed by atoms with Crippen LogP contribution in [0.1, 0.15) is 52.3 Å². The van der Waals surface area contributed by atoms with E-state index in [4.69, 9.17) is 9.72 Å². The topological polar surface area (TPSA) is 50.3 Å². The summed E-state index contributed by atoms with van der Waals surface area (Å²) >= 11 is 0. The second-order valence-corrected chi connectivity index (χ2v) is 5.90. The number of hydrogen-bond donors (Lipinski definition) is 1. The molecule has 0 radical (unpaired) electrons. The van der Waals surface area contributed by atoms with Crippen molar-refractivity contribution >= 4 is 11.6 Å². The highest BCUT2D eigenvalue weighted by Crippen LogP contribution is 2.22. The van der Waals surface area contributed by atoms with Gasteiger partial charge in [-0.15, -0.1) is 0 Å². The standard InChI is InChI=1S/C16H28N4O/c1-5-7-17-14-10-15(19-16(18-14)12(3)4)20-8-9-21-13(6-2)11-20/h10,12-13H,5-9,11H2,1-4H3,(H,17,18,19). The first-order valence-electron chi connectivity index (χ1n) is 8.13. The predicted molar refractivity (Wildman–Crippen MR) is 87.1 cm³/mol. The third kappa shape index (κ3) is 4.30. The highest BCUT2D eigenvalue weighted by Gasteiger charge is 2.21. The molecule has 0 aromatic carbocycles. The Balaban J connectivity index is 2.22. The molecule has 1 unspecified atom stereocenters. The van der Waals surface area contributed by atoms with Gasteiger partial charge < -0.3 is 15.0 Å². The van der Waals surface area contributed by atoms with E-state index in [-0.39, 0.29) is 0 Å². The summed E-state index contributed by atoms with van der Waals surface area (Å²) in [4.78, 5) is 11.7.